The zero-order valence-corrected chi connectivity index (χ0v) is 11.3. The molecule has 2 amide bonds. The fourth-order valence-electron chi connectivity index (χ4n) is 2.21. The minimum absolute atomic E-state index is 0.00604. The van der Waals surface area contributed by atoms with Gasteiger partial charge in [-0.3, -0.25) is 0 Å². The first-order valence-corrected chi connectivity index (χ1v) is 6.63. The summed E-state index contributed by atoms with van der Waals surface area (Å²) in [7, 11) is 2.02. The molecule has 0 aromatic rings. The van der Waals surface area contributed by atoms with Gasteiger partial charge in [-0.15, -0.1) is 0 Å². The van der Waals surface area contributed by atoms with E-state index >= 15 is 0 Å². The van der Waals surface area contributed by atoms with Gasteiger partial charge in [-0.1, -0.05) is 6.42 Å². The number of carbonyl (C=O) groups excluding carboxylic acids is 1. The molecular formula is C12H23N3O4. The van der Waals surface area contributed by atoms with Crippen molar-refractivity contribution in [2.75, 3.05) is 26.7 Å². The predicted octanol–water partition coefficient (Wildman–Crippen LogP) is -0.394. The maximum Gasteiger partial charge on any atom is 0.326 e. The number of nitrogens with one attached hydrogen (secondary N) is 2. The molecule has 7 nitrogen and oxygen atoms in total. The maximum absolute atomic E-state index is 11.6. The normalized spacial score (nSPS) is 21.7. The van der Waals surface area contributed by atoms with Crippen LogP contribution in [0.2, 0.25) is 0 Å². The molecule has 1 aliphatic rings. The van der Waals surface area contributed by atoms with Gasteiger partial charge in [0.25, 0.3) is 0 Å². The lowest BCUT2D eigenvalue weighted by Gasteiger charge is -2.32. The van der Waals surface area contributed by atoms with Gasteiger partial charge in [0, 0.05) is 25.6 Å². The van der Waals surface area contributed by atoms with Gasteiger partial charge >= 0.3 is 12.0 Å². The number of carboxylic acids is 1. The van der Waals surface area contributed by atoms with Crippen LogP contribution in [0.15, 0.2) is 0 Å². The topological polar surface area (TPSA) is 102 Å². The van der Waals surface area contributed by atoms with E-state index in [9.17, 15) is 9.59 Å². The number of carboxylic acid groups (broad SMARTS) is 1. The Hall–Kier alpha value is -1.34. The van der Waals surface area contributed by atoms with E-state index in [1.165, 1.54) is 6.42 Å². The van der Waals surface area contributed by atoms with Gasteiger partial charge in [-0.2, -0.15) is 0 Å². The van der Waals surface area contributed by atoms with Gasteiger partial charge in [-0.25, -0.2) is 9.59 Å². The van der Waals surface area contributed by atoms with Crippen molar-refractivity contribution in [3.8, 4) is 0 Å². The van der Waals surface area contributed by atoms with E-state index < -0.39 is 18.0 Å². The monoisotopic (exact) mass is 273 g/mol. The highest BCUT2D eigenvalue weighted by molar-refractivity contribution is 5.82. The van der Waals surface area contributed by atoms with Gasteiger partial charge in [-0.05, 0) is 26.4 Å². The molecule has 0 radical (unpaired) electrons. The quantitative estimate of drug-likeness (QED) is 0.528. The van der Waals surface area contributed by atoms with E-state index in [1.807, 2.05) is 7.05 Å². The molecule has 0 spiro atoms. The van der Waals surface area contributed by atoms with Gasteiger partial charge < -0.3 is 25.7 Å². The number of rotatable bonds is 6. The van der Waals surface area contributed by atoms with E-state index in [4.69, 9.17) is 10.2 Å². The number of urea groups is 1. The number of aliphatic carboxylic acids is 1. The molecule has 4 N–H and O–H groups in total. The summed E-state index contributed by atoms with van der Waals surface area (Å²) in [6, 6.07) is -1.24. The maximum atomic E-state index is 11.6. The molecule has 0 bridgehead atoms. The molecule has 1 saturated heterocycles. The number of piperidine rings is 1. The Morgan fingerprint density at radius 1 is 1.42 bits per heavy atom. The van der Waals surface area contributed by atoms with Crippen LogP contribution in [0, 0.1) is 0 Å². The lowest BCUT2D eigenvalue weighted by molar-refractivity contribution is -0.139. The van der Waals surface area contributed by atoms with Crippen LogP contribution in [0.25, 0.3) is 0 Å². The van der Waals surface area contributed by atoms with Crippen molar-refractivity contribution in [1.82, 2.24) is 15.5 Å². The molecule has 2 atom stereocenters. The Morgan fingerprint density at radius 3 is 2.74 bits per heavy atom. The summed E-state index contributed by atoms with van der Waals surface area (Å²) in [5, 5.41) is 22.6. The summed E-state index contributed by atoms with van der Waals surface area (Å²) in [5.74, 6) is -1.14. The molecule has 0 saturated carbocycles. The number of amides is 2. The summed E-state index contributed by atoms with van der Waals surface area (Å²) in [6.45, 7) is 1.26. The Labute approximate surface area is 113 Å². The highest BCUT2D eigenvalue weighted by Gasteiger charge is 2.22. The first-order valence-electron chi connectivity index (χ1n) is 6.63. The second kappa shape index (κ2) is 7.96. The summed E-state index contributed by atoms with van der Waals surface area (Å²) < 4.78 is 0. The van der Waals surface area contributed by atoms with E-state index in [1.54, 1.807) is 0 Å². The molecule has 1 fully saturated rings. The van der Waals surface area contributed by atoms with E-state index in [2.05, 4.69) is 15.5 Å². The highest BCUT2D eigenvalue weighted by Crippen LogP contribution is 2.13. The molecule has 0 aromatic heterocycles. The van der Waals surface area contributed by atoms with E-state index in [0.29, 0.717) is 12.6 Å². The first-order chi connectivity index (χ1) is 9.04. The second-order valence-electron chi connectivity index (χ2n) is 4.89. The SMILES string of the molecule is CN1CCCCC1CNC(=O)NC(CCO)C(=O)O. The van der Waals surface area contributed by atoms with Gasteiger partial charge in [0.1, 0.15) is 6.04 Å². The molecule has 7 heteroatoms. The lowest BCUT2D eigenvalue weighted by atomic mass is 10.0. The molecule has 2 unspecified atom stereocenters. The molecular weight excluding hydrogens is 250 g/mol. The van der Waals surface area contributed by atoms with Crippen LogP contribution in [0.4, 0.5) is 4.79 Å². The van der Waals surface area contributed by atoms with E-state index in [0.717, 1.165) is 19.4 Å². The zero-order chi connectivity index (χ0) is 14.3. The van der Waals surface area contributed by atoms with Gasteiger partial charge in [0.05, 0.1) is 0 Å². The third-order valence-corrected chi connectivity index (χ3v) is 3.44. The van der Waals surface area contributed by atoms with Gasteiger partial charge in [0.2, 0.25) is 0 Å². The molecule has 0 aromatic carbocycles. The standard InChI is InChI=1S/C12H23N3O4/c1-15-6-3-2-4-9(15)8-13-12(19)14-10(5-7-16)11(17)18/h9-10,16H,2-8H2,1H3,(H,17,18)(H2,13,14,19). The fourth-order valence-corrected chi connectivity index (χ4v) is 2.21. The van der Waals surface area contributed by atoms with Crippen molar-refractivity contribution in [2.45, 2.75) is 37.8 Å². The number of likely N-dealkylation sites (N-methyl/N-ethyl adjacent to an activating group) is 1. The number of likely N-dealkylation sites (tertiary alicyclic amines) is 1. The summed E-state index contributed by atoms with van der Waals surface area (Å²) in [4.78, 5) is 24.6. The number of aliphatic hydroxyl groups is 1. The number of aliphatic hydroxyl groups excluding tert-OH is 1. The minimum Gasteiger partial charge on any atom is -0.480 e. The third-order valence-electron chi connectivity index (χ3n) is 3.44. The Bertz CT molecular complexity index is 311. The number of hydrogen-bond acceptors (Lipinski definition) is 4. The van der Waals surface area contributed by atoms with Crippen LogP contribution in [-0.2, 0) is 4.79 Å². The molecule has 1 heterocycles. The van der Waals surface area contributed by atoms with Crippen LogP contribution in [0.5, 0.6) is 0 Å². The summed E-state index contributed by atoms with van der Waals surface area (Å²) >= 11 is 0. The molecule has 19 heavy (non-hydrogen) atoms. The summed E-state index contributed by atoms with van der Waals surface area (Å²) in [6.07, 6.45) is 3.37. The first kappa shape index (κ1) is 15.7. The van der Waals surface area contributed by atoms with Crippen molar-refractivity contribution in [2.24, 2.45) is 0 Å². The average molecular weight is 273 g/mol. The van der Waals surface area contributed by atoms with Gasteiger partial charge in [0.15, 0.2) is 0 Å². The Morgan fingerprint density at radius 2 is 2.16 bits per heavy atom. The minimum atomic E-state index is -1.14. The summed E-state index contributed by atoms with van der Waals surface area (Å²) in [5.41, 5.74) is 0. The predicted molar refractivity (Wildman–Crippen MR) is 69.9 cm³/mol. The smallest absolute Gasteiger partial charge is 0.326 e. The number of nitrogens with zero attached hydrogens (tertiary/aromatic N) is 1. The van der Waals surface area contributed by atoms with Crippen LogP contribution >= 0.6 is 0 Å². The fraction of sp³-hybridized carbons (Fsp3) is 0.833. The number of carbonyl (C=O) groups is 2. The van der Waals surface area contributed by atoms with Crippen LogP contribution in [-0.4, -0.2) is 65.9 Å². The lowest BCUT2D eigenvalue weighted by Crippen LogP contribution is -2.50. The molecule has 0 aliphatic carbocycles. The molecule has 1 rings (SSSR count). The average Bonchev–Trinajstić information content (AvgIpc) is 2.37. The van der Waals surface area contributed by atoms with Crippen molar-refractivity contribution < 1.29 is 19.8 Å². The van der Waals surface area contributed by atoms with Crippen molar-refractivity contribution in [1.29, 1.82) is 0 Å². The van der Waals surface area contributed by atoms with Crippen LogP contribution < -0.4 is 10.6 Å². The van der Waals surface area contributed by atoms with Crippen molar-refractivity contribution in [3.63, 3.8) is 0 Å². The number of hydrogen-bond donors (Lipinski definition) is 4. The van der Waals surface area contributed by atoms with Crippen LogP contribution in [0.3, 0.4) is 0 Å². The highest BCUT2D eigenvalue weighted by atomic mass is 16.4. The molecule has 110 valence electrons. The zero-order valence-electron chi connectivity index (χ0n) is 11.3. The third kappa shape index (κ3) is 5.44. The van der Waals surface area contributed by atoms with Crippen molar-refractivity contribution >= 4 is 12.0 Å². The Balaban J connectivity index is 2.31. The largest absolute Gasteiger partial charge is 0.480 e. The van der Waals surface area contributed by atoms with E-state index in [-0.39, 0.29) is 13.0 Å². The second-order valence-corrected chi connectivity index (χ2v) is 4.89. The Kier molecular flexibility index (Phi) is 6.58. The van der Waals surface area contributed by atoms with Crippen molar-refractivity contribution in [3.05, 3.63) is 0 Å². The molecule has 1 aliphatic heterocycles. The van der Waals surface area contributed by atoms with Crippen LogP contribution in [0.1, 0.15) is 25.7 Å².